The van der Waals surface area contributed by atoms with E-state index in [1.165, 1.54) is 31.2 Å². The van der Waals surface area contributed by atoms with Crippen LogP contribution in [0.4, 0.5) is 0 Å². The van der Waals surface area contributed by atoms with E-state index >= 15 is 0 Å². The summed E-state index contributed by atoms with van der Waals surface area (Å²) in [6, 6.07) is 8.80. The van der Waals surface area contributed by atoms with Crippen LogP contribution in [0.1, 0.15) is 37.3 Å². The Morgan fingerprint density at radius 1 is 1.28 bits per heavy atom. The average Bonchev–Trinajstić information content (AvgIpc) is 3.30. The van der Waals surface area contributed by atoms with Crippen LogP contribution >= 0.6 is 24.0 Å². The molecule has 25 heavy (non-hydrogen) atoms. The normalized spacial score (nSPS) is 19.2. The molecule has 0 aromatic heterocycles. The van der Waals surface area contributed by atoms with Crippen molar-refractivity contribution in [3.05, 3.63) is 29.8 Å². The van der Waals surface area contributed by atoms with Crippen molar-refractivity contribution >= 4 is 29.9 Å². The fraction of sp³-hybridized carbons (Fsp3) is 0.632. The summed E-state index contributed by atoms with van der Waals surface area (Å²) in [7, 11) is 3.57. The van der Waals surface area contributed by atoms with Crippen molar-refractivity contribution in [2.45, 2.75) is 31.7 Å². The van der Waals surface area contributed by atoms with Crippen LogP contribution in [0.25, 0.3) is 0 Å². The highest BCUT2D eigenvalue weighted by Crippen LogP contribution is 2.28. The molecule has 1 atom stereocenters. The molecule has 6 heteroatoms. The van der Waals surface area contributed by atoms with E-state index in [0.717, 1.165) is 43.8 Å². The van der Waals surface area contributed by atoms with Crippen LogP contribution in [-0.2, 0) is 0 Å². The van der Waals surface area contributed by atoms with Gasteiger partial charge in [0, 0.05) is 20.1 Å². The summed E-state index contributed by atoms with van der Waals surface area (Å²) in [6.45, 7) is 4.22. The minimum atomic E-state index is 0. The molecule has 1 aliphatic carbocycles. The van der Waals surface area contributed by atoms with Gasteiger partial charge >= 0.3 is 0 Å². The summed E-state index contributed by atoms with van der Waals surface area (Å²) in [5.74, 6) is 2.68. The number of guanidine groups is 1. The molecular formula is C19H31IN4O. The molecule has 1 aliphatic heterocycles. The third-order valence-corrected chi connectivity index (χ3v) is 5.00. The molecule has 2 aliphatic rings. The molecular weight excluding hydrogens is 427 g/mol. The Morgan fingerprint density at radius 3 is 2.68 bits per heavy atom. The number of nitrogens with one attached hydrogen (secondary N) is 2. The molecule has 3 rings (SSSR count). The predicted molar refractivity (Wildman–Crippen MR) is 114 cm³/mol. The number of aliphatic imine (C=N–C) groups is 1. The summed E-state index contributed by atoms with van der Waals surface area (Å²) in [5.41, 5.74) is 1.31. The Bertz CT molecular complexity index is 556. The van der Waals surface area contributed by atoms with E-state index in [-0.39, 0.29) is 24.0 Å². The maximum atomic E-state index is 5.41. The van der Waals surface area contributed by atoms with E-state index in [4.69, 9.17) is 4.74 Å². The number of methoxy groups -OCH3 is 1. The van der Waals surface area contributed by atoms with Crippen LogP contribution < -0.4 is 15.4 Å². The first kappa shape index (κ1) is 20.3. The van der Waals surface area contributed by atoms with Crippen molar-refractivity contribution in [1.82, 2.24) is 15.5 Å². The van der Waals surface area contributed by atoms with Crippen LogP contribution in [0.15, 0.2) is 29.3 Å². The van der Waals surface area contributed by atoms with Gasteiger partial charge in [-0.25, -0.2) is 0 Å². The van der Waals surface area contributed by atoms with Gasteiger partial charge in [-0.2, -0.15) is 0 Å². The number of ether oxygens (including phenoxy) is 1. The second-order valence-electron chi connectivity index (χ2n) is 6.81. The lowest BCUT2D eigenvalue weighted by Crippen LogP contribution is -2.43. The first-order valence-electron chi connectivity index (χ1n) is 9.12. The molecule has 0 bridgehead atoms. The van der Waals surface area contributed by atoms with Crippen molar-refractivity contribution in [3.8, 4) is 5.75 Å². The molecule has 1 saturated carbocycles. The van der Waals surface area contributed by atoms with Gasteiger partial charge in [0.25, 0.3) is 0 Å². The first-order valence-corrected chi connectivity index (χ1v) is 9.12. The minimum Gasteiger partial charge on any atom is -0.497 e. The summed E-state index contributed by atoms with van der Waals surface area (Å²) >= 11 is 0. The third-order valence-electron chi connectivity index (χ3n) is 5.00. The first-order chi connectivity index (χ1) is 11.8. The highest BCUT2D eigenvalue weighted by Gasteiger charge is 2.25. The summed E-state index contributed by atoms with van der Waals surface area (Å²) in [4.78, 5) is 6.93. The molecule has 1 aromatic rings. The smallest absolute Gasteiger partial charge is 0.191 e. The molecule has 1 heterocycles. The number of hydrogen-bond donors (Lipinski definition) is 2. The van der Waals surface area contributed by atoms with Crippen molar-refractivity contribution in [1.29, 1.82) is 0 Å². The Labute approximate surface area is 168 Å². The van der Waals surface area contributed by atoms with Gasteiger partial charge in [0.2, 0.25) is 0 Å². The van der Waals surface area contributed by atoms with Gasteiger partial charge in [-0.05, 0) is 62.4 Å². The molecule has 0 amide bonds. The monoisotopic (exact) mass is 458 g/mol. The van der Waals surface area contributed by atoms with Crippen LogP contribution in [-0.4, -0.2) is 51.2 Å². The highest BCUT2D eigenvalue weighted by molar-refractivity contribution is 14.0. The number of halogens is 1. The molecule has 1 unspecified atom stereocenters. The topological polar surface area (TPSA) is 48.9 Å². The van der Waals surface area contributed by atoms with Gasteiger partial charge in [-0.1, -0.05) is 12.1 Å². The fourth-order valence-electron chi connectivity index (χ4n) is 3.34. The Hall–Kier alpha value is -1.02. The Morgan fingerprint density at radius 2 is 2.04 bits per heavy atom. The van der Waals surface area contributed by atoms with Crippen molar-refractivity contribution in [2.24, 2.45) is 10.9 Å². The molecule has 0 radical (unpaired) electrons. The average molecular weight is 458 g/mol. The molecule has 2 N–H and O–H groups in total. The second kappa shape index (κ2) is 10.2. The van der Waals surface area contributed by atoms with Gasteiger partial charge < -0.3 is 15.4 Å². The highest BCUT2D eigenvalue weighted by atomic mass is 127. The quantitative estimate of drug-likeness (QED) is 0.375. The van der Waals surface area contributed by atoms with Crippen LogP contribution in [0.5, 0.6) is 5.75 Å². The zero-order valence-corrected chi connectivity index (χ0v) is 17.7. The van der Waals surface area contributed by atoms with E-state index in [0.29, 0.717) is 6.04 Å². The SMILES string of the molecule is CN=C(NCC1CC1)NCC(c1cccc(OC)c1)N1CCCC1.I. The minimum absolute atomic E-state index is 0. The van der Waals surface area contributed by atoms with E-state index in [2.05, 4.69) is 38.7 Å². The maximum Gasteiger partial charge on any atom is 0.191 e. The standard InChI is InChI=1S/C19H30N4O.HI/c1-20-19(21-13-15-8-9-15)22-14-18(23-10-3-4-11-23)16-6-5-7-17(12-16)24-2;/h5-7,12,15,18H,3-4,8-11,13-14H2,1-2H3,(H2,20,21,22);1H. The van der Waals surface area contributed by atoms with Crippen LogP contribution in [0.3, 0.4) is 0 Å². The van der Waals surface area contributed by atoms with Crippen LogP contribution in [0, 0.1) is 5.92 Å². The third kappa shape index (κ3) is 6.02. The van der Waals surface area contributed by atoms with Gasteiger partial charge in [0.1, 0.15) is 5.75 Å². The zero-order chi connectivity index (χ0) is 16.8. The number of benzene rings is 1. The zero-order valence-electron chi connectivity index (χ0n) is 15.3. The molecule has 5 nitrogen and oxygen atoms in total. The predicted octanol–water partition coefficient (Wildman–Crippen LogP) is 3.03. The van der Waals surface area contributed by atoms with Gasteiger partial charge in [-0.3, -0.25) is 9.89 Å². The molecule has 2 fully saturated rings. The molecule has 140 valence electrons. The summed E-state index contributed by atoms with van der Waals surface area (Å²) in [5, 5.41) is 6.97. The Balaban J connectivity index is 0.00000225. The summed E-state index contributed by atoms with van der Waals surface area (Å²) in [6.07, 6.45) is 5.28. The molecule has 1 saturated heterocycles. The number of hydrogen-bond acceptors (Lipinski definition) is 3. The van der Waals surface area contributed by atoms with E-state index in [9.17, 15) is 0 Å². The Kier molecular flexibility index (Phi) is 8.29. The van der Waals surface area contributed by atoms with Gasteiger partial charge in [0.15, 0.2) is 5.96 Å². The van der Waals surface area contributed by atoms with Crippen LogP contribution in [0.2, 0.25) is 0 Å². The lowest BCUT2D eigenvalue weighted by atomic mass is 10.1. The molecule has 0 spiro atoms. The number of likely N-dealkylation sites (tertiary alicyclic amines) is 1. The van der Waals surface area contributed by atoms with E-state index < -0.39 is 0 Å². The largest absolute Gasteiger partial charge is 0.497 e. The number of nitrogens with zero attached hydrogens (tertiary/aromatic N) is 2. The summed E-state index contributed by atoms with van der Waals surface area (Å²) < 4.78 is 5.41. The van der Waals surface area contributed by atoms with Gasteiger partial charge in [-0.15, -0.1) is 24.0 Å². The van der Waals surface area contributed by atoms with Crippen molar-refractivity contribution in [3.63, 3.8) is 0 Å². The second-order valence-corrected chi connectivity index (χ2v) is 6.81. The molecule has 1 aromatic carbocycles. The van der Waals surface area contributed by atoms with E-state index in [1.807, 2.05) is 13.1 Å². The van der Waals surface area contributed by atoms with E-state index in [1.54, 1.807) is 7.11 Å². The number of rotatable bonds is 7. The maximum absolute atomic E-state index is 5.41. The van der Waals surface area contributed by atoms with Crippen molar-refractivity contribution < 1.29 is 4.74 Å². The van der Waals surface area contributed by atoms with Crippen molar-refractivity contribution in [2.75, 3.05) is 40.3 Å². The van der Waals surface area contributed by atoms with Gasteiger partial charge in [0.05, 0.1) is 13.2 Å². The lowest BCUT2D eigenvalue weighted by molar-refractivity contribution is 0.245. The fourth-order valence-corrected chi connectivity index (χ4v) is 3.34. The lowest BCUT2D eigenvalue weighted by Gasteiger charge is -2.29.